The Labute approximate surface area is 101 Å². The molecule has 0 amide bonds. The van der Waals surface area contributed by atoms with Crippen molar-refractivity contribution in [2.75, 3.05) is 26.9 Å². The second kappa shape index (κ2) is 8.92. The van der Waals surface area contributed by atoms with Crippen LogP contribution in [0.4, 0.5) is 0 Å². The van der Waals surface area contributed by atoms with Crippen molar-refractivity contribution >= 4 is 5.97 Å². The lowest BCUT2D eigenvalue weighted by molar-refractivity contribution is -0.790. The summed E-state index contributed by atoms with van der Waals surface area (Å²) in [6.07, 6.45) is -1.29. The number of methoxy groups -OCH3 is 1. The monoisotopic (exact) mass is 268 g/mol. The summed E-state index contributed by atoms with van der Waals surface area (Å²) >= 11 is 0. The van der Waals surface area contributed by atoms with Gasteiger partial charge in [-0.05, 0) is 0 Å². The minimum absolute atomic E-state index is 0.0439. The van der Waals surface area contributed by atoms with E-state index in [4.69, 9.17) is 4.74 Å². The molecule has 11 nitrogen and oxygen atoms in total. The maximum absolute atomic E-state index is 10.7. The number of esters is 1. The fourth-order valence-electron chi connectivity index (χ4n) is 0.847. The first kappa shape index (κ1) is 15.8. The Balaban J connectivity index is 3.88. The van der Waals surface area contributed by atoms with Gasteiger partial charge in [-0.25, -0.2) is 0 Å². The van der Waals surface area contributed by atoms with Gasteiger partial charge in [-0.2, -0.15) is 0 Å². The molecule has 0 fully saturated rings. The highest BCUT2D eigenvalue weighted by Gasteiger charge is 2.16. The van der Waals surface area contributed by atoms with Gasteiger partial charge in [-0.1, -0.05) is 0 Å². The third-order valence-corrected chi connectivity index (χ3v) is 1.58. The molecule has 104 valence electrons. The Bertz CT molecular complexity index is 295. The van der Waals surface area contributed by atoms with Crippen LogP contribution in [-0.4, -0.2) is 49.2 Å². The molecule has 0 N–H and O–H groups in total. The lowest BCUT2D eigenvalue weighted by Gasteiger charge is -2.13. The molecule has 18 heavy (non-hydrogen) atoms. The van der Waals surface area contributed by atoms with Crippen molar-refractivity contribution in [2.45, 2.75) is 12.5 Å². The topological polar surface area (TPSA) is 140 Å². The maximum Gasteiger partial charge on any atom is 0.307 e. The van der Waals surface area contributed by atoms with E-state index < -0.39 is 28.9 Å². The molecule has 0 aromatic carbocycles. The minimum atomic E-state index is -1.25. The van der Waals surface area contributed by atoms with Gasteiger partial charge in [-0.15, -0.1) is 20.2 Å². The van der Waals surface area contributed by atoms with E-state index >= 15 is 0 Å². The molecular formula is C7H12N2O9. The summed E-state index contributed by atoms with van der Waals surface area (Å²) in [5.41, 5.74) is 0. The average molecular weight is 268 g/mol. The highest BCUT2D eigenvalue weighted by atomic mass is 17.0. The smallest absolute Gasteiger partial charge is 0.307 e. The average Bonchev–Trinajstić information content (AvgIpc) is 2.30. The number of carbonyl (C=O) groups excluding carboxylic acids is 1. The summed E-state index contributed by atoms with van der Waals surface area (Å²) in [4.78, 5) is 38.7. The van der Waals surface area contributed by atoms with E-state index in [1.807, 2.05) is 0 Å². The van der Waals surface area contributed by atoms with Gasteiger partial charge in [0.1, 0.15) is 6.61 Å². The van der Waals surface area contributed by atoms with Crippen molar-refractivity contribution in [1.82, 2.24) is 0 Å². The maximum atomic E-state index is 10.7. The summed E-state index contributed by atoms with van der Waals surface area (Å²) in [5.74, 6) is -0.511. The molecule has 0 aliphatic carbocycles. The fraction of sp³-hybridized carbons (Fsp3) is 0.857. The Kier molecular flexibility index (Phi) is 7.85. The summed E-state index contributed by atoms with van der Waals surface area (Å²) in [5, 5.41) is 17.8. The van der Waals surface area contributed by atoms with Crippen molar-refractivity contribution < 1.29 is 34.1 Å². The van der Waals surface area contributed by atoms with E-state index in [9.17, 15) is 25.0 Å². The number of hydrogen-bond acceptors (Lipinski definition) is 9. The van der Waals surface area contributed by atoms with Crippen LogP contribution in [0.1, 0.15) is 6.42 Å². The first-order valence-corrected chi connectivity index (χ1v) is 4.68. The van der Waals surface area contributed by atoms with E-state index in [0.29, 0.717) is 0 Å². The lowest BCUT2D eigenvalue weighted by atomic mass is 10.4. The SMILES string of the molecule is COC(=O)CCOCC(CO[N+](=O)[O-])O[N+](=O)[O-]. The highest BCUT2D eigenvalue weighted by molar-refractivity contribution is 5.69. The number of ether oxygens (including phenoxy) is 2. The van der Waals surface area contributed by atoms with Crippen LogP contribution in [-0.2, 0) is 23.9 Å². The molecule has 0 aliphatic rings. The molecule has 0 aliphatic heterocycles. The van der Waals surface area contributed by atoms with Gasteiger partial charge in [0, 0.05) is 0 Å². The number of rotatable bonds is 10. The first-order chi connectivity index (χ1) is 8.45. The zero-order valence-electron chi connectivity index (χ0n) is 9.47. The van der Waals surface area contributed by atoms with Crippen LogP contribution in [0.2, 0.25) is 0 Å². The van der Waals surface area contributed by atoms with Crippen molar-refractivity contribution in [2.24, 2.45) is 0 Å². The molecule has 0 aromatic heterocycles. The highest BCUT2D eigenvalue weighted by Crippen LogP contribution is 1.97. The molecule has 11 heteroatoms. The van der Waals surface area contributed by atoms with Crippen LogP contribution in [0, 0.1) is 20.2 Å². The Morgan fingerprint density at radius 2 is 1.89 bits per heavy atom. The van der Waals surface area contributed by atoms with Crippen LogP contribution >= 0.6 is 0 Å². The zero-order chi connectivity index (χ0) is 14.0. The van der Waals surface area contributed by atoms with Crippen molar-refractivity contribution in [1.29, 1.82) is 0 Å². The molecule has 0 saturated carbocycles. The van der Waals surface area contributed by atoms with E-state index in [-0.39, 0.29) is 19.6 Å². The Hall–Kier alpha value is -2.17. The second-order valence-electron chi connectivity index (χ2n) is 2.87. The van der Waals surface area contributed by atoms with Crippen molar-refractivity contribution in [3.05, 3.63) is 20.2 Å². The summed E-state index contributed by atoms with van der Waals surface area (Å²) < 4.78 is 9.20. The van der Waals surface area contributed by atoms with Gasteiger partial charge >= 0.3 is 5.97 Å². The molecule has 0 saturated heterocycles. The van der Waals surface area contributed by atoms with Gasteiger partial charge in [0.2, 0.25) is 0 Å². The zero-order valence-corrected chi connectivity index (χ0v) is 9.47. The van der Waals surface area contributed by atoms with E-state index in [1.165, 1.54) is 7.11 Å². The van der Waals surface area contributed by atoms with Crippen LogP contribution in [0.25, 0.3) is 0 Å². The molecule has 1 unspecified atom stereocenters. The third-order valence-electron chi connectivity index (χ3n) is 1.58. The van der Waals surface area contributed by atoms with Crippen LogP contribution in [0.5, 0.6) is 0 Å². The van der Waals surface area contributed by atoms with Gasteiger partial charge in [0.05, 0.1) is 26.7 Å². The molecule has 0 heterocycles. The molecule has 0 bridgehead atoms. The fourth-order valence-corrected chi connectivity index (χ4v) is 0.847. The standard InChI is InChI=1S/C7H12N2O9/c1-15-7(10)2-3-16-4-6(18-9(13)14)5-17-8(11)12/h6H,2-5H2,1H3. The van der Waals surface area contributed by atoms with Crippen molar-refractivity contribution in [3.63, 3.8) is 0 Å². The van der Waals surface area contributed by atoms with E-state index in [0.717, 1.165) is 0 Å². The van der Waals surface area contributed by atoms with Crippen LogP contribution < -0.4 is 0 Å². The van der Waals surface area contributed by atoms with Gasteiger partial charge in [-0.3, -0.25) is 4.79 Å². The minimum Gasteiger partial charge on any atom is -0.469 e. The van der Waals surface area contributed by atoms with Crippen LogP contribution in [0.15, 0.2) is 0 Å². The van der Waals surface area contributed by atoms with E-state index in [2.05, 4.69) is 14.4 Å². The summed E-state index contributed by atoms with van der Waals surface area (Å²) in [7, 11) is 1.20. The van der Waals surface area contributed by atoms with Crippen molar-refractivity contribution in [3.8, 4) is 0 Å². The predicted molar refractivity (Wildman–Crippen MR) is 52.3 cm³/mol. The first-order valence-electron chi connectivity index (χ1n) is 4.68. The molecule has 0 spiro atoms. The largest absolute Gasteiger partial charge is 0.469 e. The quantitative estimate of drug-likeness (QED) is 0.218. The van der Waals surface area contributed by atoms with Gasteiger partial charge in [0.25, 0.3) is 10.2 Å². The molecule has 0 radical (unpaired) electrons. The van der Waals surface area contributed by atoms with Gasteiger partial charge in [0.15, 0.2) is 6.10 Å². The Morgan fingerprint density at radius 1 is 1.22 bits per heavy atom. The van der Waals surface area contributed by atoms with E-state index in [1.54, 1.807) is 0 Å². The number of nitrogens with zero attached hydrogens (tertiary/aromatic N) is 2. The predicted octanol–water partition coefficient (Wildman–Crippen LogP) is -0.649. The lowest BCUT2D eigenvalue weighted by Crippen LogP contribution is -2.29. The number of hydrogen-bond donors (Lipinski definition) is 0. The normalized spacial score (nSPS) is 11.4. The molecular weight excluding hydrogens is 256 g/mol. The summed E-state index contributed by atoms with van der Waals surface area (Å²) in [6.45, 7) is -1.03. The van der Waals surface area contributed by atoms with Gasteiger partial charge < -0.3 is 19.1 Å². The Morgan fingerprint density at radius 3 is 2.39 bits per heavy atom. The molecule has 1 atom stereocenters. The third kappa shape index (κ3) is 9.08. The molecule has 0 aromatic rings. The molecule has 0 rings (SSSR count). The van der Waals surface area contributed by atoms with Crippen LogP contribution in [0.3, 0.4) is 0 Å². The summed E-state index contributed by atoms with van der Waals surface area (Å²) in [6, 6.07) is 0. The number of carbonyl (C=O) groups is 1. The second-order valence-corrected chi connectivity index (χ2v) is 2.87.